The highest BCUT2D eigenvalue weighted by atomic mass is 32.2. The molecule has 0 saturated carbocycles. The molecule has 1 aromatic carbocycles. The quantitative estimate of drug-likeness (QED) is 0.846. The first-order chi connectivity index (χ1) is 8.99. The molecule has 0 unspecified atom stereocenters. The van der Waals surface area contributed by atoms with E-state index in [9.17, 15) is 8.42 Å². The number of ether oxygens (including phenoxy) is 1. The van der Waals surface area contributed by atoms with Gasteiger partial charge in [0.1, 0.15) is 5.75 Å². The molecule has 0 radical (unpaired) electrons. The number of methoxy groups -OCH3 is 1. The number of rotatable bonds is 4. The summed E-state index contributed by atoms with van der Waals surface area (Å²) in [6.45, 7) is 3.06. The predicted octanol–water partition coefficient (Wildman–Crippen LogP) is 0.0163. The summed E-state index contributed by atoms with van der Waals surface area (Å²) in [7, 11) is -1.90. The normalized spacial score (nSPS) is 18.4. The smallest absolute Gasteiger partial charge is 0.276 e. The fourth-order valence-corrected chi connectivity index (χ4v) is 2.84. The van der Waals surface area contributed by atoms with E-state index in [2.05, 4.69) is 4.90 Å². The Hall–Kier alpha value is -1.15. The Kier molecular flexibility index (Phi) is 4.41. The molecule has 19 heavy (non-hydrogen) atoms. The largest absolute Gasteiger partial charge is 0.497 e. The van der Waals surface area contributed by atoms with Crippen LogP contribution < -0.4 is 9.88 Å². The van der Waals surface area contributed by atoms with Gasteiger partial charge in [-0.1, -0.05) is 12.1 Å². The van der Waals surface area contributed by atoms with Gasteiger partial charge in [-0.15, -0.1) is 0 Å². The molecule has 0 spiro atoms. The molecular formula is C12H19N3O3S. The summed E-state index contributed by atoms with van der Waals surface area (Å²) in [6.07, 6.45) is 0. The van der Waals surface area contributed by atoms with Crippen LogP contribution in [0.5, 0.6) is 5.75 Å². The molecule has 0 aliphatic carbocycles. The van der Waals surface area contributed by atoms with Crippen LogP contribution >= 0.6 is 0 Å². The van der Waals surface area contributed by atoms with Crippen LogP contribution in [0.25, 0.3) is 0 Å². The Balaban J connectivity index is 1.92. The lowest BCUT2D eigenvalue weighted by atomic mass is 10.2. The average Bonchev–Trinajstić information content (AvgIpc) is 2.38. The van der Waals surface area contributed by atoms with Crippen molar-refractivity contribution in [3.63, 3.8) is 0 Å². The molecule has 0 bridgehead atoms. The Labute approximate surface area is 113 Å². The Morgan fingerprint density at radius 2 is 1.95 bits per heavy atom. The zero-order valence-electron chi connectivity index (χ0n) is 10.9. The minimum atomic E-state index is -3.55. The fraction of sp³-hybridized carbons (Fsp3) is 0.500. The first kappa shape index (κ1) is 14.3. The summed E-state index contributed by atoms with van der Waals surface area (Å²) in [4.78, 5) is 2.20. The highest BCUT2D eigenvalue weighted by Gasteiger charge is 2.23. The van der Waals surface area contributed by atoms with Gasteiger partial charge in [-0.3, -0.25) is 4.90 Å². The van der Waals surface area contributed by atoms with E-state index in [1.165, 1.54) is 4.31 Å². The van der Waals surface area contributed by atoms with E-state index in [4.69, 9.17) is 9.88 Å². The van der Waals surface area contributed by atoms with Gasteiger partial charge in [-0.05, 0) is 17.7 Å². The van der Waals surface area contributed by atoms with Crippen LogP contribution in [0, 0.1) is 0 Å². The van der Waals surface area contributed by atoms with E-state index in [1.54, 1.807) is 7.11 Å². The summed E-state index contributed by atoms with van der Waals surface area (Å²) >= 11 is 0. The number of hydrogen-bond acceptors (Lipinski definition) is 4. The third kappa shape index (κ3) is 3.90. The predicted molar refractivity (Wildman–Crippen MR) is 73.0 cm³/mol. The summed E-state index contributed by atoms with van der Waals surface area (Å²) in [5.41, 5.74) is 1.16. The van der Waals surface area contributed by atoms with Gasteiger partial charge in [0.05, 0.1) is 7.11 Å². The van der Waals surface area contributed by atoms with Crippen molar-refractivity contribution in [3.8, 4) is 5.75 Å². The van der Waals surface area contributed by atoms with E-state index in [0.717, 1.165) is 17.9 Å². The van der Waals surface area contributed by atoms with Gasteiger partial charge in [0.15, 0.2) is 0 Å². The molecule has 1 fully saturated rings. The lowest BCUT2D eigenvalue weighted by Crippen LogP contribution is -2.50. The monoisotopic (exact) mass is 285 g/mol. The van der Waals surface area contributed by atoms with Crippen molar-refractivity contribution in [1.82, 2.24) is 9.21 Å². The van der Waals surface area contributed by atoms with Crippen molar-refractivity contribution in [2.24, 2.45) is 5.14 Å². The van der Waals surface area contributed by atoms with Crippen molar-refractivity contribution in [1.29, 1.82) is 0 Å². The molecule has 6 nitrogen and oxygen atoms in total. The Morgan fingerprint density at radius 1 is 1.26 bits per heavy atom. The molecule has 7 heteroatoms. The Morgan fingerprint density at radius 3 is 2.53 bits per heavy atom. The van der Waals surface area contributed by atoms with Crippen molar-refractivity contribution in [2.45, 2.75) is 6.54 Å². The Bertz CT molecular complexity index is 525. The van der Waals surface area contributed by atoms with Gasteiger partial charge in [0.2, 0.25) is 0 Å². The summed E-state index contributed by atoms with van der Waals surface area (Å²) in [5.74, 6) is 0.834. The lowest BCUT2D eigenvalue weighted by Gasteiger charge is -2.32. The molecule has 106 valence electrons. The zero-order chi connectivity index (χ0) is 13.9. The van der Waals surface area contributed by atoms with Crippen LogP contribution in [0.2, 0.25) is 0 Å². The van der Waals surface area contributed by atoms with Crippen LogP contribution in [0.15, 0.2) is 24.3 Å². The molecule has 1 heterocycles. The van der Waals surface area contributed by atoms with Crippen molar-refractivity contribution >= 4 is 10.2 Å². The second-order valence-electron chi connectivity index (χ2n) is 4.57. The molecule has 2 rings (SSSR count). The van der Waals surface area contributed by atoms with Crippen LogP contribution in [0.4, 0.5) is 0 Å². The van der Waals surface area contributed by atoms with Gasteiger partial charge in [-0.2, -0.15) is 12.7 Å². The second kappa shape index (κ2) is 5.87. The molecule has 0 aromatic heterocycles. The molecule has 0 atom stereocenters. The third-order valence-corrected chi connectivity index (χ3v) is 4.32. The highest BCUT2D eigenvalue weighted by Crippen LogP contribution is 2.15. The van der Waals surface area contributed by atoms with Crippen LogP contribution in [0.1, 0.15) is 5.56 Å². The minimum absolute atomic E-state index is 0.447. The maximum Gasteiger partial charge on any atom is 0.276 e. The molecule has 1 aliphatic rings. The molecule has 1 saturated heterocycles. The van der Waals surface area contributed by atoms with Crippen molar-refractivity contribution in [3.05, 3.63) is 29.8 Å². The summed E-state index contributed by atoms with van der Waals surface area (Å²) in [6, 6.07) is 7.89. The molecule has 1 aliphatic heterocycles. The van der Waals surface area contributed by atoms with Crippen LogP contribution in [-0.4, -0.2) is 50.9 Å². The average molecular weight is 285 g/mol. The van der Waals surface area contributed by atoms with Crippen LogP contribution in [0.3, 0.4) is 0 Å². The summed E-state index contributed by atoms with van der Waals surface area (Å²) < 4.78 is 28.9. The number of nitrogens with two attached hydrogens (primary N) is 1. The maximum absolute atomic E-state index is 11.2. The van der Waals surface area contributed by atoms with Crippen molar-refractivity contribution in [2.75, 3.05) is 33.3 Å². The molecule has 0 amide bonds. The molecular weight excluding hydrogens is 266 g/mol. The maximum atomic E-state index is 11.2. The molecule has 2 N–H and O–H groups in total. The second-order valence-corrected chi connectivity index (χ2v) is 6.12. The van der Waals surface area contributed by atoms with E-state index >= 15 is 0 Å². The fourth-order valence-electron chi connectivity index (χ4n) is 2.17. The SMILES string of the molecule is COc1cccc(CN2CCN(S(N)(=O)=O)CC2)c1. The van der Waals surface area contributed by atoms with Gasteiger partial charge in [-0.25, -0.2) is 5.14 Å². The van der Waals surface area contributed by atoms with E-state index < -0.39 is 10.2 Å². The van der Waals surface area contributed by atoms with E-state index in [-0.39, 0.29) is 0 Å². The first-order valence-corrected chi connectivity index (χ1v) is 7.62. The number of nitrogens with zero attached hydrogens (tertiary/aromatic N) is 2. The minimum Gasteiger partial charge on any atom is -0.497 e. The first-order valence-electron chi connectivity index (χ1n) is 6.12. The van der Waals surface area contributed by atoms with E-state index in [0.29, 0.717) is 26.2 Å². The highest BCUT2D eigenvalue weighted by molar-refractivity contribution is 7.86. The standard InChI is InChI=1S/C12H19N3O3S/c1-18-12-4-2-3-11(9-12)10-14-5-7-15(8-6-14)19(13,16)17/h2-4,9H,5-8,10H2,1H3,(H2,13,16,17). The van der Waals surface area contributed by atoms with Gasteiger partial charge >= 0.3 is 0 Å². The zero-order valence-corrected chi connectivity index (χ0v) is 11.8. The van der Waals surface area contributed by atoms with Gasteiger partial charge in [0, 0.05) is 32.7 Å². The summed E-state index contributed by atoms with van der Waals surface area (Å²) in [5, 5.41) is 5.11. The number of piperazine rings is 1. The topological polar surface area (TPSA) is 75.9 Å². The van der Waals surface area contributed by atoms with Crippen molar-refractivity contribution < 1.29 is 13.2 Å². The number of benzene rings is 1. The van der Waals surface area contributed by atoms with Gasteiger partial charge in [0.25, 0.3) is 10.2 Å². The van der Waals surface area contributed by atoms with E-state index in [1.807, 2.05) is 24.3 Å². The number of hydrogen-bond donors (Lipinski definition) is 1. The van der Waals surface area contributed by atoms with Gasteiger partial charge < -0.3 is 4.74 Å². The third-order valence-electron chi connectivity index (χ3n) is 3.23. The van der Waals surface area contributed by atoms with Crippen LogP contribution in [-0.2, 0) is 16.8 Å². The molecule has 1 aromatic rings. The lowest BCUT2D eigenvalue weighted by molar-refractivity contribution is 0.181.